The van der Waals surface area contributed by atoms with Gasteiger partial charge in [-0.15, -0.1) is 11.3 Å². The molecule has 0 spiro atoms. The molecule has 3 nitrogen and oxygen atoms in total. The van der Waals surface area contributed by atoms with Gasteiger partial charge in [0.05, 0.1) is 11.5 Å². The molecule has 2 heterocycles. The Kier molecular flexibility index (Phi) is 3.90. The highest BCUT2D eigenvalue weighted by molar-refractivity contribution is 7.91. The van der Waals surface area contributed by atoms with Crippen molar-refractivity contribution in [2.75, 3.05) is 11.5 Å². The van der Waals surface area contributed by atoms with E-state index in [0.29, 0.717) is 12.2 Å². The van der Waals surface area contributed by atoms with Crippen molar-refractivity contribution in [1.29, 1.82) is 0 Å². The maximum atomic E-state index is 11.6. The lowest BCUT2D eigenvalue weighted by Gasteiger charge is -2.23. The number of nitrogens with one attached hydrogen (secondary N) is 1. The molecule has 1 aliphatic heterocycles. The maximum Gasteiger partial charge on any atom is 0.152 e. The van der Waals surface area contributed by atoms with Crippen molar-refractivity contribution in [1.82, 2.24) is 5.32 Å². The van der Waals surface area contributed by atoms with Gasteiger partial charge in [0, 0.05) is 21.8 Å². The molecule has 3 rings (SSSR count). The highest BCUT2D eigenvalue weighted by Gasteiger charge is 2.37. The zero-order chi connectivity index (χ0) is 14.9. The quantitative estimate of drug-likeness (QED) is 0.941. The summed E-state index contributed by atoms with van der Waals surface area (Å²) < 4.78 is 23.2. The third-order valence-corrected chi connectivity index (χ3v) is 6.95. The average Bonchev–Trinajstić information content (AvgIpc) is 3.03. The molecule has 0 bridgehead atoms. The number of benzene rings is 1. The Balaban J connectivity index is 1.66. The molecule has 1 N–H and O–H groups in total. The van der Waals surface area contributed by atoms with Crippen LogP contribution in [0.1, 0.15) is 18.2 Å². The fourth-order valence-corrected chi connectivity index (χ4v) is 5.76. The first-order valence-electron chi connectivity index (χ1n) is 7.05. The molecule has 0 saturated carbocycles. The summed E-state index contributed by atoms with van der Waals surface area (Å²) in [6.45, 7) is 2.73. The Hall–Kier alpha value is -1.17. The van der Waals surface area contributed by atoms with Gasteiger partial charge < -0.3 is 5.32 Å². The molecule has 112 valence electrons. The van der Waals surface area contributed by atoms with Crippen molar-refractivity contribution in [2.24, 2.45) is 0 Å². The molecule has 1 unspecified atom stereocenters. The molecule has 1 saturated heterocycles. The van der Waals surface area contributed by atoms with Crippen LogP contribution >= 0.6 is 11.3 Å². The molecule has 1 fully saturated rings. The Labute approximate surface area is 129 Å². The molecule has 0 radical (unpaired) electrons. The van der Waals surface area contributed by atoms with Gasteiger partial charge in [0.15, 0.2) is 9.84 Å². The van der Waals surface area contributed by atoms with Gasteiger partial charge in [-0.25, -0.2) is 8.42 Å². The summed E-state index contributed by atoms with van der Waals surface area (Å²) >= 11 is 1.76. The van der Waals surface area contributed by atoms with E-state index in [1.165, 1.54) is 15.3 Å². The van der Waals surface area contributed by atoms with Gasteiger partial charge in [0.25, 0.3) is 0 Å². The molecular weight excluding hydrogens is 302 g/mol. The largest absolute Gasteiger partial charge is 0.306 e. The minimum absolute atomic E-state index is 0.247. The third kappa shape index (κ3) is 3.54. The van der Waals surface area contributed by atoms with Gasteiger partial charge in [-0.3, -0.25) is 0 Å². The Bertz CT molecular complexity index is 722. The van der Waals surface area contributed by atoms with E-state index in [9.17, 15) is 8.42 Å². The van der Waals surface area contributed by atoms with Crippen LogP contribution in [0.5, 0.6) is 0 Å². The van der Waals surface area contributed by atoms with Crippen molar-refractivity contribution in [3.05, 3.63) is 47.3 Å². The monoisotopic (exact) mass is 321 g/mol. The average molecular weight is 321 g/mol. The van der Waals surface area contributed by atoms with E-state index in [1.54, 1.807) is 11.3 Å². The summed E-state index contributed by atoms with van der Waals surface area (Å²) in [5, 5.41) is 3.43. The summed E-state index contributed by atoms with van der Waals surface area (Å²) in [5.74, 6) is 0.549. The van der Waals surface area contributed by atoms with Gasteiger partial charge in [-0.05, 0) is 31.0 Å². The Morgan fingerprint density at radius 1 is 1.19 bits per heavy atom. The molecule has 1 aromatic heterocycles. The van der Waals surface area contributed by atoms with Crippen molar-refractivity contribution in [3.8, 4) is 10.4 Å². The van der Waals surface area contributed by atoms with Crippen LogP contribution in [-0.2, 0) is 16.4 Å². The normalized spacial score (nSPS) is 24.2. The van der Waals surface area contributed by atoms with E-state index in [2.05, 4.69) is 29.6 Å². The zero-order valence-electron chi connectivity index (χ0n) is 12.0. The van der Waals surface area contributed by atoms with Gasteiger partial charge in [0.2, 0.25) is 0 Å². The highest BCUT2D eigenvalue weighted by atomic mass is 32.2. The van der Waals surface area contributed by atoms with Crippen LogP contribution in [0.4, 0.5) is 0 Å². The van der Waals surface area contributed by atoms with Gasteiger partial charge in [-0.1, -0.05) is 30.3 Å². The second-order valence-electron chi connectivity index (χ2n) is 5.89. The topological polar surface area (TPSA) is 46.2 Å². The zero-order valence-corrected chi connectivity index (χ0v) is 13.6. The fraction of sp³-hybridized carbons (Fsp3) is 0.375. The van der Waals surface area contributed by atoms with E-state index in [1.807, 2.05) is 25.1 Å². The summed E-state index contributed by atoms with van der Waals surface area (Å²) in [6, 6.07) is 14.6. The van der Waals surface area contributed by atoms with E-state index in [4.69, 9.17) is 0 Å². The second kappa shape index (κ2) is 5.55. The molecule has 21 heavy (non-hydrogen) atoms. The van der Waals surface area contributed by atoms with Crippen LogP contribution in [0, 0.1) is 0 Å². The van der Waals surface area contributed by atoms with Crippen LogP contribution < -0.4 is 5.32 Å². The first-order valence-corrected chi connectivity index (χ1v) is 9.69. The van der Waals surface area contributed by atoms with E-state index < -0.39 is 9.84 Å². The number of sulfone groups is 1. The summed E-state index contributed by atoms with van der Waals surface area (Å²) in [5.41, 5.74) is 0.943. The SMILES string of the molecule is CC1(NCc2ccc(-c3ccccc3)s2)CCS(=O)(=O)C1. The van der Waals surface area contributed by atoms with Crippen molar-refractivity contribution in [3.63, 3.8) is 0 Å². The molecule has 1 atom stereocenters. The minimum Gasteiger partial charge on any atom is -0.306 e. The lowest BCUT2D eigenvalue weighted by atomic mass is 10.0. The number of rotatable bonds is 4. The van der Waals surface area contributed by atoms with Crippen LogP contribution in [0.25, 0.3) is 10.4 Å². The molecule has 0 amide bonds. The maximum absolute atomic E-state index is 11.6. The van der Waals surface area contributed by atoms with Crippen molar-refractivity contribution >= 4 is 21.2 Å². The first-order chi connectivity index (χ1) is 9.96. The Morgan fingerprint density at radius 2 is 1.95 bits per heavy atom. The molecule has 2 aromatic rings. The second-order valence-corrected chi connectivity index (χ2v) is 9.24. The van der Waals surface area contributed by atoms with E-state index in [0.717, 1.165) is 6.54 Å². The predicted molar refractivity (Wildman–Crippen MR) is 88.3 cm³/mol. The van der Waals surface area contributed by atoms with E-state index in [-0.39, 0.29) is 11.3 Å². The van der Waals surface area contributed by atoms with Crippen molar-refractivity contribution in [2.45, 2.75) is 25.4 Å². The first kappa shape index (κ1) is 14.8. The number of hydrogen-bond acceptors (Lipinski definition) is 4. The van der Waals surface area contributed by atoms with Crippen LogP contribution in [0.3, 0.4) is 0 Å². The predicted octanol–water partition coefficient (Wildman–Crippen LogP) is 3.08. The highest BCUT2D eigenvalue weighted by Crippen LogP contribution is 2.29. The van der Waals surface area contributed by atoms with E-state index >= 15 is 0 Å². The molecule has 1 aliphatic rings. The molecular formula is C16H19NO2S2. The number of thiophene rings is 1. The standard InChI is InChI=1S/C16H19NO2S2/c1-16(9-10-21(18,19)12-16)17-11-14-7-8-15(20-14)13-5-3-2-4-6-13/h2-8,17H,9-12H2,1H3. The Morgan fingerprint density at radius 3 is 2.62 bits per heavy atom. The minimum atomic E-state index is -2.86. The lowest BCUT2D eigenvalue weighted by Crippen LogP contribution is -2.42. The summed E-state index contributed by atoms with van der Waals surface area (Å²) in [4.78, 5) is 2.48. The number of hydrogen-bond donors (Lipinski definition) is 1. The van der Waals surface area contributed by atoms with Gasteiger partial charge in [-0.2, -0.15) is 0 Å². The lowest BCUT2D eigenvalue weighted by molar-refractivity contribution is 0.397. The summed E-state index contributed by atoms with van der Waals surface area (Å²) in [6.07, 6.45) is 0.701. The van der Waals surface area contributed by atoms with Crippen LogP contribution in [0.2, 0.25) is 0 Å². The molecule has 1 aromatic carbocycles. The third-order valence-electron chi connectivity index (χ3n) is 3.91. The van der Waals surface area contributed by atoms with Crippen molar-refractivity contribution < 1.29 is 8.42 Å². The summed E-state index contributed by atoms with van der Waals surface area (Å²) in [7, 11) is -2.86. The van der Waals surface area contributed by atoms with Crippen LogP contribution in [-0.4, -0.2) is 25.5 Å². The molecule has 5 heteroatoms. The van der Waals surface area contributed by atoms with Crippen LogP contribution in [0.15, 0.2) is 42.5 Å². The smallest absolute Gasteiger partial charge is 0.152 e. The fourth-order valence-electron chi connectivity index (χ4n) is 2.68. The van der Waals surface area contributed by atoms with Gasteiger partial charge >= 0.3 is 0 Å². The van der Waals surface area contributed by atoms with Gasteiger partial charge in [0.1, 0.15) is 0 Å². The molecule has 0 aliphatic carbocycles.